The van der Waals surface area contributed by atoms with Crippen LogP contribution in [0.4, 0.5) is 4.39 Å². The van der Waals surface area contributed by atoms with Crippen molar-refractivity contribution in [1.29, 1.82) is 0 Å². The molecule has 2 aliphatic heterocycles. The van der Waals surface area contributed by atoms with Gasteiger partial charge < -0.3 is 24.4 Å². The van der Waals surface area contributed by atoms with Crippen molar-refractivity contribution < 1.29 is 23.8 Å². The van der Waals surface area contributed by atoms with Crippen molar-refractivity contribution in [3.8, 4) is 17.0 Å². The number of pyridine rings is 1. The third kappa shape index (κ3) is 6.18. The van der Waals surface area contributed by atoms with E-state index in [-0.39, 0.29) is 42.3 Å². The Morgan fingerprint density at radius 2 is 2.00 bits per heavy atom. The van der Waals surface area contributed by atoms with Crippen molar-refractivity contribution in [2.24, 2.45) is 11.8 Å². The fourth-order valence-corrected chi connectivity index (χ4v) is 4.90. The summed E-state index contributed by atoms with van der Waals surface area (Å²) in [5.74, 6) is 0.315. The largest absolute Gasteiger partial charge is 0.472 e. The van der Waals surface area contributed by atoms with Gasteiger partial charge in [-0.2, -0.15) is 0 Å². The van der Waals surface area contributed by atoms with Crippen molar-refractivity contribution in [3.05, 3.63) is 47.9 Å². The lowest BCUT2D eigenvalue weighted by Gasteiger charge is -2.38. The first-order valence-electron chi connectivity index (χ1n) is 12.5. The van der Waals surface area contributed by atoms with Gasteiger partial charge in [-0.25, -0.2) is 9.37 Å². The predicted octanol–water partition coefficient (Wildman–Crippen LogP) is 3.47. The second kappa shape index (κ2) is 11.5. The van der Waals surface area contributed by atoms with Crippen LogP contribution in [0.5, 0.6) is 5.88 Å². The first kappa shape index (κ1) is 25.5. The fourth-order valence-electron chi connectivity index (χ4n) is 4.90. The molecule has 0 aliphatic carbocycles. The molecule has 1 fully saturated rings. The number of amides is 1. The van der Waals surface area contributed by atoms with Gasteiger partial charge >= 0.3 is 0 Å². The zero-order valence-electron chi connectivity index (χ0n) is 20.8. The third-order valence-corrected chi connectivity index (χ3v) is 7.08. The average Bonchev–Trinajstić information content (AvgIpc) is 2.86. The number of aromatic nitrogens is 1. The molecule has 1 saturated heterocycles. The van der Waals surface area contributed by atoms with Crippen molar-refractivity contribution in [2.75, 3.05) is 46.5 Å². The Morgan fingerprint density at radius 1 is 1.23 bits per heavy atom. The minimum atomic E-state index is -0.353. The summed E-state index contributed by atoms with van der Waals surface area (Å²) in [6.07, 6.45) is 3.56. The Balaban J connectivity index is 1.62. The number of aliphatic hydroxyl groups is 1. The Bertz CT molecular complexity index is 1010. The highest BCUT2D eigenvalue weighted by Crippen LogP contribution is 2.30. The van der Waals surface area contributed by atoms with Gasteiger partial charge in [-0.15, -0.1) is 0 Å². The van der Waals surface area contributed by atoms with Crippen LogP contribution in [0.3, 0.4) is 0 Å². The molecule has 3 atom stereocenters. The number of rotatable bonds is 7. The van der Waals surface area contributed by atoms with Crippen LogP contribution in [0.25, 0.3) is 11.1 Å². The smallest absolute Gasteiger partial charge is 0.259 e. The van der Waals surface area contributed by atoms with E-state index in [0.717, 1.165) is 32.6 Å². The number of halogens is 1. The van der Waals surface area contributed by atoms with E-state index >= 15 is 0 Å². The van der Waals surface area contributed by atoms with E-state index in [0.29, 0.717) is 35.7 Å². The number of carbonyl (C=O) groups is 1. The summed E-state index contributed by atoms with van der Waals surface area (Å²) in [5.41, 5.74) is 1.60. The molecule has 1 amide bonds. The molecule has 0 bridgehead atoms. The number of nitrogens with zero attached hydrogens (tertiary/aromatic N) is 3. The molecule has 0 spiro atoms. The molecule has 7 nitrogen and oxygen atoms in total. The Labute approximate surface area is 206 Å². The van der Waals surface area contributed by atoms with Crippen LogP contribution in [-0.2, 0) is 4.74 Å². The van der Waals surface area contributed by atoms with Crippen LogP contribution in [0.1, 0.15) is 37.0 Å². The molecule has 1 N–H and O–H groups in total. The van der Waals surface area contributed by atoms with Gasteiger partial charge in [0.2, 0.25) is 5.88 Å². The molecule has 0 saturated carbocycles. The van der Waals surface area contributed by atoms with Gasteiger partial charge in [0.15, 0.2) is 0 Å². The average molecular weight is 486 g/mol. The van der Waals surface area contributed by atoms with Gasteiger partial charge in [-0.1, -0.05) is 19.1 Å². The van der Waals surface area contributed by atoms with E-state index in [2.05, 4.69) is 23.9 Å². The highest BCUT2D eigenvalue weighted by molar-refractivity contribution is 5.98. The van der Waals surface area contributed by atoms with Crippen LogP contribution in [0.2, 0.25) is 0 Å². The summed E-state index contributed by atoms with van der Waals surface area (Å²) in [6, 6.07) is 7.58. The van der Waals surface area contributed by atoms with Crippen LogP contribution in [0, 0.1) is 17.7 Å². The number of ether oxygens (including phenoxy) is 2. The van der Waals surface area contributed by atoms with Crippen LogP contribution in [-0.4, -0.2) is 84.4 Å². The van der Waals surface area contributed by atoms with Gasteiger partial charge in [0.05, 0.1) is 12.6 Å². The molecule has 0 radical (unpaired) electrons. The normalized spacial score (nSPS) is 22.3. The Kier molecular flexibility index (Phi) is 8.36. The minimum absolute atomic E-state index is 0.0305. The van der Waals surface area contributed by atoms with E-state index in [1.165, 1.54) is 12.1 Å². The highest BCUT2D eigenvalue weighted by atomic mass is 19.1. The summed E-state index contributed by atoms with van der Waals surface area (Å²) in [5, 5.41) is 9.86. The quantitative estimate of drug-likeness (QED) is 0.648. The predicted molar refractivity (Wildman–Crippen MR) is 132 cm³/mol. The number of carbonyl (C=O) groups excluding carboxylic acids is 1. The van der Waals surface area contributed by atoms with Gasteiger partial charge in [-0.3, -0.25) is 4.79 Å². The van der Waals surface area contributed by atoms with Gasteiger partial charge in [0, 0.05) is 50.5 Å². The number of benzene rings is 1. The van der Waals surface area contributed by atoms with Crippen LogP contribution >= 0.6 is 0 Å². The summed E-state index contributed by atoms with van der Waals surface area (Å²) in [7, 11) is 2.10. The lowest BCUT2D eigenvalue weighted by molar-refractivity contribution is 0.0254. The van der Waals surface area contributed by atoms with Crippen LogP contribution in [0.15, 0.2) is 36.5 Å². The van der Waals surface area contributed by atoms with Gasteiger partial charge in [-0.05, 0) is 56.5 Å². The molecule has 190 valence electrons. The monoisotopic (exact) mass is 485 g/mol. The number of aliphatic hydroxyl groups excluding tert-OH is 1. The van der Waals surface area contributed by atoms with Crippen molar-refractivity contribution in [3.63, 3.8) is 0 Å². The maximum atomic E-state index is 13.8. The molecule has 4 rings (SSSR count). The summed E-state index contributed by atoms with van der Waals surface area (Å²) in [6.45, 7) is 7.52. The van der Waals surface area contributed by atoms with E-state index < -0.39 is 0 Å². The SMILES string of the molecule is C[C@@H]1CN([C@@H](C)CO)C(=O)c2cc(-c3cccc(F)c3)cnc2O[C@@H]1CN(C)CC1CCOCC1. The zero-order valence-corrected chi connectivity index (χ0v) is 20.8. The van der Waals surface area contributed by atoms with Crippen molar-refractivity contribution >= 4 is 5.91 Å². The first-order chi connectivity index (χ1) is 16.9. The molecule has 2 aromatic rings. The van der Waals surface area contributed by atoms with Gasteiger partial charge in [0.25, 0.3) is 5.91 Å². The molecule has 1 aromatic carbocycles. The minimum Gasteiger partial charge on any atom is -0.472 e. The molecule has 35 heavy (non-hydrogen) atoms. The van der Waals surface area contributed by atoms with Gasteiger partial charge in [0.1, 0.15) is 17.5 Å². The molecular weight excluding hydrogens is 449 g/mol. The maximum absolute atomic E-state index is 13.8. The van der Waals surface area contributed by atoms with E-state index in [1.807, 2.05) is 6.92 Å². The maximum Gasteiger partial charge on any atom is 0.259 e. The molecule has 8 heteroatoms. The molecule has 3 heterocycles. The molecule has 1 aromatic heterocycles. The topological polar surface area (TPSA) is 75.1 Å². The highest BCUT2D eigenvalue weighted by Gasteiger charge is 2.34. The first-order valence-corrected chi connectivity index (χ1v) is 12.5. The summed E-state index contributed by atoms with van der Waals surface area (Å²) >= 11 is 0. The van der Waals surface area contributed by atoms with E-state index in [9.17, 15) is 14.3 Å². The van der Waals surface area contributed by atoms with E-state index in [1.54, 1.807) is 29.3 Å². The lowest BCUT2D eigenvalue weighted by atomic mass is 9.97. The van der Waals surface area contributed by atoms with Crippen LogP contribution < -0.4 is 4.74 Å². The third-order valence-electron chi connectivity index (χ3n) is 7.08. The van der Waals surface area contributed by atoms with Crippen molar-refractivity contribution in [1.82, 2.24) is 14.8 Å². The fraction of sp³-hybridized carbons (Fsp3) is 0.556. The lowest BCUT2D eigenvalue weighted by Crippen LogP contribution is -2.50. The zero-order chi connectivity index (χ0) is 24.9. The molecule has 0 unspecified atom stereocenters. The summed E-state index contributed by atoms with van der Waals surface area (Å²) in [4.78, 5) is 22.1. The Hall–Kier alpha value is -2.55. The number of hydrogen-bond acceptors (Lipinski definition) is 6. The second-order valence-electron chi connectivity index (χ2n) is 9.99. The second-order valence-corrected chi connectivity index (χ2v) is 9.99. The molecule has 2 aliphatic rings. The standard InChI is InChI=1S/C27H36FN3O4/c1-18-14-31(19(2)17-32)27(33)24-12-22(21-5-4-6-23(28)11-21)13-29-26(24)35-25(18)16-30(3)15-20-7-9-34-10-8-20/h4-6,11-13,18-20,25,32H,7-10,14-17H2,1-3H3/t18-,19+,25-/m1/s1. The Morgan fingerprint density at radius 3 is 2.71 bits per heavy atom. The van der Waals surface area contributed by atoms with E-state index in [4.69, 9.17) is 9.47 Å². The summed E-state index contributed by atoms with van der Waals surface area (Å²) < 4.78 is 25.7. The van der Waals surface area contributed by atoms with Crippen molar-refractivity contribution in [2.45, 2.75) is 38.8 Å². The number of likely N-dealkylation sites (N-methyl/N-ethyl adjacent to an activating group) is 1. The number of fused-ring (bicyclic) bond motifs is 1. The number of hydrogen-bond donors (Lipinski definition) is 1. The molecular formula is C27H36FN3O4.